The molecule has 0 aromatic carbocycles. The third-order valence-electron chi connectivity index (χ3n) is 2.27. The molecule has 0 aliphatic carbocycles. The van der Waals surface area contributed by atoms with Gasteiger partial charge >= 0.3 is 0 Å². The molecule has 0 amide bonds. The first-order valence-corrected chi connectivity index (χ1v) is 4.60. The van der Waals surface area contributed by atoms with Crippen molar-refractivity contribution < 1.29 is 0 Å². The summed E-state index contributed by atoms with van der Waals surface area (Å²) in [7, 11) is 0. The predicted molar refractivity (Wildman–Crippen MR) is 53.6 cm³/mol. The zero-order valence-corrected chi connectivity index (χ0v) is 7.61. The van der Waals surface area contributed by atoms with E-state index in [4.69, 9.17) is 0 Å². The Bertz CT molecular complexity index is 303. The van der Waals surface area contributed by atoms with E-state index in [0.29, 0.717) is 5.82 Å². The molecular formula is C10H13N3. The fourth-order valence-corrected chi connectivity index (χ4v) is 1.58. The lowest BCUT2D eigenvalue weighted by atomic mass is 10.4. The van der Waals surface area contributed by atoms with Crippen LogP contribution in [-0.4, -0.2) is 23.1 Å². The second-order valence-corrected chi connectivity index (χ2v) is 3.17. The Kier molecular flexibility index (Phi) is 2.25. The Morgan fingerprint density at radius 2 is 2.15 bits per heavy atom. The van der Waals surface area contributed by atoms with Crippen molar-refractivity contribution >= 4 is 11.9 Å². The van der Waals surface area contributed by atoms with E-state index in [0.717, 1.165) is 18.9 Å². The Morgan fingerprint density at radius 3 is 2.85 bits per heavy atom. The van der Waals surface area contributed by atoms with Gasteiger partial charge in [-0.1, -0.05) is 6.58 Å². The Morgan fingerprint density at radius 1 is 1.38 bits per heavy atom. The van der Waals surface area contributed by atoms with E-state index in [1.807, 2.05) is 6.07 Å². The maximum absolute atomic E-state index is 4.37. The van der Waals surface area contributed by atoms with Gasteiger partial charge in [-0.25, -0.2) is 9.97 Å². The quantitative estimate of drug-likeness (QED) is 0.685. The van der Waals surface area contributed by atoms with Crippen molar-refractivity contribution in [2.75, 3.05) is 18.0 Å². The zero-order chi connectivity index (χ0) is 9.10. The van der Waals surface area contributed by atoms with Crippen LogP contribution in [0.5, 0.6) is 0 Å². The molecule has 13 heavy (non-hydrogen) atoms. The van der Waals surface area contributed by atoms with Gasteiger partial charge in [0, 0.05) is 19.3 Å². The molecule has 0 bridgehead atoms. The lowest BCUT2D eigenvalue weighted by molar-refractivity contribution is 0.923. The van der Waals surface area contributed by atoms with E-state index in [-0.39, 0.29) is 0 Å². The fourth-order valence-electron chi connectivity index (χ4n) is 1.58. The van der Waals surface area contributed by atoms with E-state index >= 15 is 0 Å². The molecule has 0 spiro atoms. The van der Waals surface area contributed by atoms with Gasteiger partial charge < -0.3 is 4.90 Å². The van der Waals surface area contributed by atoms with Gasteiger partial charge in [-0.15, -0.1) is 0 Å². The Hall–Kier alpha value is -1.38. The molecule has 1 aromatic rings. The molecule has 1 aliphatic rings. The lowest BCUT2D eigenvalue weighted by Gasteiger charge is -2.15. The van der Waals surface area contributed by atoms with Crippen molar-refractivity contribution in [3.05, 3.63) is 24.7 Å². The number of aromatic nitrogens is 2. The Balaban J connectivity index is 2.23. The minimum absolute atomic E-state index is 0.712. The van der Waals surface area contributed by atoms with Crippen LogP contribution in [0.1, 0.15) is 18.7 Å². The third kappa shape index (κ3) is 1.69. The van der Waals surface area contributed by atoms with Gasteiger partial charge in [0.1, 0.15) is 5.82 Å². The maximum Gasteiger partial charge on any atom is 0.153 e. The standard InChI is InChI=1S/C10H13N3/c1-2-9-11-6-5-10(12-9)13-7-3-4-8-13/h2,5-6H,1,3-4,7-8H2. The average molecular weight is 175 g/mol. The molecule has 1 saturated heterocycles. The smallest absolute Gasteiger partial charge is 0.153 e. The van der Waals surface area contributed by atoms with Crippen molar-refractivity contribution in [2.45, 2.75) is 12.8 Å². The molecule has 3 heteroatoms. The molecule has 0 atom stereocenters. The van der Waals surface area contributed by atoms with Crippen LogP contribution >= 0.6 is 0 Å². The fraction of sp³-hybridized carbons (Fsp3) is 0.400. The van der Waals surface area contributed by atoms with E-state index in [9.17, 15) is 0 Å². The van der Waals surface area contributed by atoms with Crippen molar-refractivity contribution in [3.8, 4) is 0 Å². The van der Waals surface area contributed by atoms with E-state index in [1.54, 1.807) is 12.3 Å². The van der Waals surface area contributed by atoms with Crippen molar-refractivity contribution in [3.63, 3.8) is 0 Å². The summed E-state index contributed by atoms with van der Waals surface area (Å²) in [6, 6.07) is 1.96. The van der Waals surface area contributed by atoms with E-state index in [1.165, 1.54) is 12.8 Å². The molecule has 0 saturated carbocycles. The normalized spacial score (nSPS) is 16.2. The average Bonchev–Trinajstić information content (AvgIpc) is 2.71. The van der Waals surface area contributed by atoms with Gasteiger partial charge in [-0.3, -0.25) is 0 Å². The highest BCUT2D eigenvalue weighted by Gasteiger charge is 2.13. The summed E-state index contributed by atoms with van der Waals surface area (Å²) in [4.78, 5) is 10.7. The molecule has 2 rings (SSSR count). The number of rotatable bonds is 2. The monoisotopic (exact) mass is 175 g/mol. The van der Waals surface area contributed by atoms with Crippen molar-refractivity contribution in [1.29, 1.82) is 0 Å². The number of hydrogen-bond acceptors (Lipinski definition) is 3. The molecule has 3 nitrogen and oxygen atoms in total. The molecule has 1 aliphatic heterocycles. The molecule has 1 fully saturated rings. The predicted octanol–water partition coefficient (Wildman–Crippen LogP) is 1.72. The molecule has 0 N–H and O–H groups in total. The maximum atomic E-state index is 4.37. The molecule has 0 unspecified atom stereocenters. The van der Waals surface area contributed by atoms with Gasteiger partial charge in [-0.2, -0.15) is 0 Å². The van der Waals surface area contributed by atoms with Crippen molar-refractivity contribution in [1.82, 2.24) is 9.97 Å². The minimum Gasteiger partial charge on any atom is -0.357 e. The number of anilines is 1. The van der Waals surface area contributed by atoms with Crippen LogP contribution in [0.4, 0.5) is 5.82 Å². The summed E-state index contributed by atoms with van der Waals surface area (Å²) >= 11 is 0. The van der Waals surface area contributed by atoms with Crippen LogP contribution < -0.4 is 4.90 Å². The van der Waals surface area contributed by atoms with Crippen LogP contribution in [-0.2, 0) is 0 Å². The van der Waals surface area contributed by atoms with Crippen molar-refractivity contribution in [2.24, 2.45) is 0 Å². The largest absolute Gasteiger partial charge is 0.357 e. The minimum atomic E-state index is 0.712. The first-order chi connectivity index (χ1) is 6.40. The number of hydrogen-bond donors (Lipinski definition) is 0. The second-order valence-electron chi connectivity index (χ2n) is 3.17. The van der Waals surface area contributed by atoms with Crippen LogP contribution in [0.25, 0.3) is 6.08 Å². The zero-order valence-electron chi connectivity index (χ0n) is 7.61. The second kappa shape index (κ2) is 3.56. The number of nitrogens with zero attached hydrogens (tertiary/aromatic N) is 3. The highest BCUT2D eigenvalue weighted by molar-refractivity contribution is 5.44. The van der Waals surface area contributed by atoms with E-state index in [2.05, 4.69) is 21.4 Å². The summed E-state index contributed by atoms with van der Waals surface area (Å²) < 4.78 is 0. The van der Waals surface area contributed by atoms with Crippen LogP contribution in [0.3, 0.4) is 0 Å². The molecule has 2 heterocycles. The summed E-state index contributed by atoms with van der Waals surface area (Å²) in [5, 5.41) is 0. The van der Waals surface area contributed by atoms with Gasteiger partial charge in [0.05, 0.1) is 0 Å². The molecule has 0 radical (unpaired) electrons. The summed E-state index contributed by atoms with van der Waals surface area (Å²) in [6.07, 6.45) is 6.01. The summed E-state index contributed by atoms with van der Waals surface area (Å²) in [5.74, 6) is 1.74. The van der Waals surface area contributed by atoms with E-state index < -0.39 is 0 Å². The third-order valence-corrected chi connectivity index (χ3v) is 2.27. The highest BCUT2D eigenvalue weighted by atomic mass is 15.2. The summed E-state index contributed by atoms with van der Waals surface area (Å²) in [5.41, 5.74) is 0. The van der Waals surface area contributed by atoms with Crippen LogP contribution in [0, 0.1) is 0 Å². The Labute approximate surface area is 78.1 Å². The highest BCUT2D eigenvalue weighted by Crippen LogP contribution is 2.16. The van der Waals surface area contributed by atoms with Crippen LogP contribution in [0.2, 0.25) is 0 Å². The van der Waals surface area contributed by atoms with Gasteiger partial charge in [0.2, 0.25) is 0 Å². The van der Waals surface area contributed by atoms with Gasteiger partial charge in [0.15, 0.2) is 5.82 Å². The SMILES string of the molecule is C=Cc1nccc(N2CCCC2)n1. The van der Waals surface area contributed by atoms with Crippen LogP contribution in [0.15, 0.2) is 18.8 Å². The molecule has 68 valence electrons. The lowest BCUT2D eigenvalue weighted by Crippen LogP contribution is -2.19. The first-order valence-electron chi connectivity index (χ1n) is 4.60. The topological polar surface area (TPSA) is 29.0 Å². The first kappa shape index (κ1) is 8.23. The molecular weight excluding hydrogens is 162 g/mol. The van der Waals surface area contributed by atoms with Gasteiger partial charge in [0.25, 0.3) is 0 Å². The summed E-state index contributed by atoms with van der Waals surface area (Å²) in [6.45, 7) is 5.89. The molecule has 1 aromatic heterocycles. The van der Waals surface area contributed by atoms with Gasteiger partial charge in [-0.05, 0) is 25.0 Å².